The van der Waals surface area contributed by atoms with Gasteiger partial charge in [0.15, 0.2) is 0 Å². The summed E-state index contributed by atoms with van der Waals surface area (Å²) < 4.78 is 4.94. The monoisotopic (exact) mass is 162 g/mol. The summed E-state index contributed by atoms with van der Waals surface area (Å²) in [4.78, 5) is 0. The van der Waals surface area contributed by atoms with E-state index in [0.29, 0.717) is 0 Å². The fourth-order valence-electron chi connectivity index (χ4n) is 0.510. The van der Waals surface area contributed by atoms with E-state index in [-0.39, 0.29) is 0 Å². The highest BCUT2D eigenvalue weighted by Crippen LogP contribution is 1.98. The summed E-state index contributed by atoms with van der Waals surface area (Å²) in [6.45, 7) is 6.29. The molecule has 2 heteroatoms. The van der Waals surface area contributed by atoms with Crippen molar-refractivity contribution in [2.45, 2.75) is 26.7 Å². The molecule has 0 aromatic rings. The van der Waals surface area contributed by atoms with Crippen molar-refractivity contribution in [2.75, 3.05) is 19.0 Å². The van der Waals surface area contributed by atoms with E-state index in [9.17, 15) is 0 Å². The first-order valence-corrected chi connectivity index (χ1v) is 4.59. The topological polar surface area (TPSA) is 9.23 Å². The maximum absolute atomic E-state index is 4.94. The third-order valence-corrected chi connectivity index (χ3v) is 1.92. The summed E-state index contributed by atoms with van der Waals surface area (Å²) >= 11 is 4.02. The summed E-state index contributed by atoms with van der Waals surface area (Å²) in [6, 6.07) is 0. The average molecular weight is 162 g/mol. The first-order valence-electron chi connectivity index (χ1n) is 3.96. The molecular weight excluding hydrogens is 144 g/mol. The highest BCUT2D eigenvalue weighted by molar-refractivity contribution is 7.80. The number of hydrogen-bond donors (Lipinski definition) is 1. The van der Waals surface area contributed by atoms with Crippen LogP contribution in [0, 0.1) is 5.92 Å². The lowest BCUT2D eigenvalue weighted by atomic mass is 10.3. The van der Waals surface area contributed by atoms with E-state index in [1.54, 1.807) is 0 Å². The Hall–Kier alpha value is 0.310. The highest BCUT2D eigenvalue weighted by atomic mass is 32.1. The molecule has 0 aliphatic carbocycles. The Morgan fingerprint density at radius 2 is 1.70 bits per heavy atom. The van der Waals surface area contributed by atoms with E-state index >= 15 is 0 Å². The van der Waals surface area contributed by atoms with Gasteiger partial charge in [0.1, 0.15) is 0 Å². The molecule has 1 rings (SSSR count). The molecule has 1 saturated heterocycles. The smallest absolute Gasteiger partial charge is 0.0466 e. The molecule has 0 saturated carbocycles. The number of hydrogen-bond acceptors (Lipinski definition) is 2. The Morgan fingerprint density at radius 3 is 1.80 bits per heavy atom. The van der Waals surface area contributed by atoms with Crippen LogP contribution in [0.5, 0.6) is 0 Å². The third kappa shape index (κ3) is 8.31. The lowest BCUT2D eigenvalue weighted by Gasteiger charge is -1.89. The SMILES string of the molecule is C1CCOC1.CC(C)CS. The van der Waals surface area contributed by atoms with Crippen LogP contribution in [0.1, 0.15) is 26.7 Å². The minimum Gasteiger partial charge on any atom is -0.381 e. The molecule has 0 N–H and O–H groups in total. The molecule has 1 aliphatic rings. The van der Waals surface area contributed by atoms with Crippen molar-refractivity contribution in [1.29, 1.82) is 0 Å². The largest absolute Gasteiger partial charge is 0.381 e. The molecule has 0 unspecified atom stereocenters. The van der Waals surface area contributed by atoms with Gasteiger partial charge >= 0.3 is 0 Å². The molecule has 0 bridgehead atoms. The van der Waals surface area contributed by atoms with Gasteiger partial charge in [-0.05, 0) is 24.5 Å². The minimum atomic E-state index is 0.748. The molecular formula is C8H18OS. The van der Waals surface area contributed by atoms with Gasteiger partial charge in [-0.15, -0.1) is 0 Å². The lowest BCUT2D eigenvalue weighted by Crippen LogP contribution is -1.83. The molecule has 0 spiro atoms. The van der Waals surface area contributed by atoms with Crippen LogP contribution in [-0.2, 0) is 4.74 Å². The van der Waals surface area contributed by atoms with Gasteiger partial charge in [-0.2, -0.15) is 12.6 Å². The molecule has 1 fully saturated rings. The van der Waals surface area contributed by atoms with E-state index in [0.717, 1.165) is 24.9 Å². The normalized spacial score (nSPS) is 16.8. The van der Waals surface area contributed by atoms with Crippen LogP contribution < -0.4 is 0 Å². The second kappa shape index (κ2) is 7.42. The van der Waals surface area contributed by atoms with Crippen molar-refractivity contribution >= 4 is 12.6 Å². The molecule has 1 nitrogen and oxygen atoms in total. The van der Waals surface area contributed by atoms with Crippen LogP contribution in [0.2, 0.25) is 0 Å². The Kier molecular flexibility index (Phi) is 7.65. The van der Waals surface area contributed by atoms with Crippen LogP contribution >= 0.6 is 12.6 Å². The molecule has 62 valence electrons. The van der Waals surface area contributed by atoms with Gasteiger partial charge < -0.3 is 4.74 Å². The van der Waals surface area contributed by atoms with E-state index < -0.39 is 0 Å². The molecule has 1 aliphatic heterocycles. The van der Waals surface area contributed by atoms with E-state index in [4.69, 9.17) is 4.74 Å². The van der Waals surface area contributed by atoms with Gasteiger partial charge in [0, 0.05) is 13.2 Å². The standard InChI is InChI=1S/C4H8O.C4H10S/c1-2-4-5-3-1;1-4(2)3-5/h1-4H2;4-5H,3H2,1-2H3. The van der Waals surface area contributed by atoms with Gasteiger partial charge in [-0.1, -0.05) is 13.8 Å². The summed E-state index contributed by atoms with van der Waals surface area (Å²) in [7, 11) is 0. The zero-order valence-electron chi connectivity index (χ0n) is 6.97. The van der Waals surface area contributed by atoms with Gasteiger partial charge in [-0.25, -0.2) is 0 Å². The van der Waals surface area contributed by atoms with Crippen molar-refractivity contribution in [3.8, 4) is 0 Å². The van der Waals surface area contributed by atoms with Crippen LogP contribution in [-0.4, -0.2) is 19.0 Å². The van der Waals surface area contributed by atoms with E-state index in [2.05, 4.69) is 26.5 Å². The number of thiol groups is 1. The van der Waals surface area contributed by atoms with Crippen molar-refractivity contribution in [1.82, 2.24) is 0 Å². The average Bonchev–Trinajstić information content (AvgIpc) is 2.43. The molecule has 0 aromatic carbocycles. The minimum absolute atomic E-state index is 0.748. The molecule has 10 heavy (non-hydrogen) atoms. The summed E-state index contributed by atoms with van der Waals surface area (Å²) in [6.07, 6.45) is 2.56. The van der Waals surface area contributed by atoms with Gasteiger partial charge in [-0.3, -0.25) is 0 Å². The maximum Gasteiger partial charge on any atom is 0.0466 e. The second-order valence-corrected chi connectivity index (χ2v) is 3.26. The lowest BCUT2D eigenvalue weighted by molar-refractivity contribution is 0.198. The van der Waals surface area contributed by atoms with Crippen LogP contribution in [0.25, 0.3) is 0 Å². The predicted molar refractivity (Wildman–Crippen MR) is 48.7 cm³/mol. The van der Waals surface area contributed by atoms with Crippen molar-refractivity contribution in [2.24, 2.45) is 5.92 Å². The Morgan fingerprint density at radius 1 is 1.30 bits per heavy atom. The zero-order chi connectivity index (χ0) is 7.82. The van der Waals surface area contributed by atoms with Gasteiger partial charge in [0.25, 0.3) is 0 Å². The first kappa shape index (κ1) is 10.3. The Balaban J connectivity index is 0.000000162. The predicted octanol–water partition coefficient (Wildman–Crippen LogP) is 2.37. The first-order chi connectivity index (χ1) is 4.77. The third-order valence-electron chi connectivity index (χ3n) is 1.19. The molecule has 0 radical (unpaired) electrons. The van der Waals surface area contributed by atoms with E-state index in [1.807, 2.05) is 0 Å². The quantitative estimate of drug-likeness (QED) is 0.582. The summed E-state index contributed by atoms with van der Waals surface area (Å²) in [5.74, 6) is 1.75. The highest BCUT2D eigenvalue weighted by Gasteiger charge is 1.94. The number of ether oxygens (including phenoxy) is 1. The molecule has 0 aromatic heterocycles. The molecule has 0 atom stereocenters. The summed E-state index contributed by atoms with van der Waals surface area (Å²) in [5.41, 5.74) is 0. The van der Waals surface area contributed by atoms with Crippen molar-refractivity contribution in [3.63, 3.8) is 0 Å². The Bertz CT molecular complexity index is 52.7. The van der Waals surface area contributed by atoms with Crippen molar-refractivity contribution < 1.29 is 4.74 Å². The number of rotatable bonds is 1. The maximum atomic E-state index is 4.94. The fraction of sp³-hybridized carbons (Fsp3) is 1.00. The second-order valence-electron chi connectivity index (χ2n) is 2.90. The summed E-state index contributed by atoms with van der Waals surface area (Å²) in [5, 5.41) is 0. The molecule has 1 heterocycles. The van der Waals surface area contributed by atoms with Crippen LogP contribution in [0.3, 0.4) is 0 Å². The van der Waals surface area contributed by atoms with E-state index in [1.165, 1.54) is 12.8 Å². The van der Waals surface area contributed by atoms with Crippen LogP contribution in [0.15, 0.2) is 0 Å². The van der Waals surface area contributed by atoms with Gasteiger partial charge in [0.2, 0.25) is 0 Å². The molecule has 0 amide bonds. The Labute approximate surface area is 69.6 Å². The fourth-order valence-corrected chi connectivity index (χ4v) is 0.510. The van der Waals surface area contributed by atoms with Crippen LogP contribution in [0.4, 0.5) is 0 Å². The zero-order valence-corrected chi connectivity index (χ0v) is 7.86. The van der Waals surface area contributed by atoms with Crippen molar-refractivity contribution in [3.05, 3.63) is 0 Å². The van der Waals surface area contributed by atoms with Gasteiger partial charge in [0.05, 0.1) is 0 Å².